The SMILES string of the molecule is O=C(NCCCOc1ccccc1)NCc1ccccc1F. The summed E-state index contributed by atoms with van der Waals surface area (Å²) in [6.07, 6.45) is 0.696. The van der Waals surface area contributed by atoms with Gasteiger partial charge in [-0.15, -0.1) is 0 Å². The Bertz CT molecular complexity index is 590. The number of benzene rings is 2. The van der Waals surface area contributed by atoms with Crippen LogP contribution in [0, 0.1) is 5.82 Å². The van der Waals surface area contributed by atoms with Crippen molar-refractivity contribution in [1.82, 2.24) is 10.6 Å². The fourth-order valence-corrected chi connectivity index (χ4v) is 1.86. The van der Waals surface area contributed by atoms with Crippen LogP contribution in [0.2, 0.25) is 0 Å². The molecule has 0 heterocycles. The molecule has 2 aromatic rings. The van der Waals surface area contributed by atoms with E-state index in [2.05, 4.69) is 10.6 Å². The number of para-hydroxylation sites is 1. The Hall–Kier alpha value is -2.56. The van der Waals surface area contributed by atoms with Crippen LogP contribution in [-0.4, -0.2) is 19.2 Å². The summed E-state index contributed by atoms with van der Waals surface area (Å²) in [4.78, 5) is 11.6. The van der Waals surface area contributed by atoms with Crippen molar-refractivity contribution in [2.24, 2.45) is 0 Å². The quantitative estimate of drug-likeness (QED) is 0.772. The first-order valence-corrected chi connectivity index (χ1v) is 7.18. The lowest BCUT2D eigenvalue weighted by molar-refractivity contribution is 0.238. The Kier molecular flexibility index (Phi) is 6.23. The van der Waals surface area contributed by atoms with Gasteiger partial charge in [-0.05, 0) is 24.6 Å². The lowest BCUT2D eigenvalue weighted by Gasteiger charge is -2.09. The molecule has 0 aliphatic heterocycles. The third-order valence-corrected chi connectivity index (χ3v) is 3.02. The highest BCUT2D eigenvalue weighted by Crippen LogP contribution is 2.08. The molecule has 0 bridgehead atoms. The fourth-order valence-electron chi connectivity index (χ4n) is 1.86. The first kappa shape index (κ1) is 15.8. The molecule has 116 valence electrons. The standard InChI is InChI=1S/C17H19FN2O2/c18-16-10-5-4-7-14(16)13-20-17(21)19-11-6-12-22-15-8-2-1-3-9-15/h1-5,7-10H,6,11-13H2,(H2,19,20,21). The maximum absolute atomic E-state index is 13.4. The molecule has 0 aromatic heterocycles. The van der Waals surface area contributed by atoms with E-state index in [-0.39, 0.29) is 18.4 Å². The molecule has 2 amide bonds. The Labute approximate surface area is 129 Å². The zero-order valence-electron chi connectivity index (χ0n) is 12.2. The van der Waals surface area contributed by atoms with Crippen molar-refractivity contribution in [2.75, 3.05) is 13.2 Å². The van der Waals surface area contributed by atoms with Gasteiger partial charge in [-0.2, -0.15) is 0 Å². The van der Waals surface area contributed by atoms with E-state index in [4.69, 9.17) is 4.74 Å². The number of ether oxygens (including phenoxy) is 1. The molecule has 0 spiro atoms. The predicted octanol–water partition coefficient (Wildman–Crippen LogP) is 3.09. The molecule has 5 heteroatoms. The third kappa shape index (κ3) is 5.44. The zero-order chi connectivity index (χ0) is 15.6. The molecule has 0 unspecified atom stereocenters. The molecule has 0 radical (unpaired) electrons. The van der Waals surface area contributed by atoms with Gasteiger partial charge in [-0.3, -0.25) is 0 Å². The van der Waals surface area contributed by atoms with Gasteiger partial charge in [0.15, 0.2) is 0 Å². The van der Waals surface area contributed by atoms with E-state index in [9.17, 15) is 9.18 Å². The molecule has 4 nitrogen and oxygen atoms in total. The van der Waals surface area contributed by atoms with Crippen LogP contribution in [0.15, 0.2) is 54.6 Å². The van der Waals surface area contributed by atoms with Gasteiger partial charge in [0.05, 0.1) is 6.61 Å². The molecule has 2 N–H and O–H groups in total. The normalized spacial score (nSPS) is 10.0. The summed E-state index contributed by atoms with van der Waals surface area (Å²) in [5, 5.41) is 5.32. The van der Waals surface area contributed by atoms with Crippen molar-refractivity contribution >= 4 is 6.03 Å². The molecule has 0 atom stereocenters. The van der Waals surface area contributed by atoms with E-state index in [1.165, 1.54) is 6.07 Å². The van der Waals surface area contributed by atoms with E-state index in [0.717, 1.165) is 5.75 Å². The average Bonchev–Trinajstić information content (AvgIpc) is 2.55. The van der Waals surface area contributed by atoms with Gasteiger partial charge in [0.1, 0.15) is 11.6 Å². The number of hydrogen-bond acceptors (Lipinski definition) is 2. The second-order valence-corrected chi connectivity index (χ2v) is 4.72. The van der Waals surface area contributed by atoms with E-state index in [1.807, 2.05) is 30.3 Å². The predicted molar refractivity (Wildman–Crippen MR) is 83.2 cm³/mol. The number of urea groups is 1. The third-order valence-electron chi connectivity index (χ3n) is 3.02. The number of carbonyl (C=O) groups is 1. The van der Waals surface area contributed by atoms with Gasteiger partial charge < -0.3 is 15.4 Å². The molecule has 2 rings (SSSR count). The number of nitrogens with one attached hydrogen (secondary N) is 2. The second kappa shape index (κ2) is 8.67. The summed E-state index contributed by atoms with van der Waals surface area (Å²) in [5.41, 5.74) is 0.463. The lowest BCUT2D eigenvalue weighted by atomic mass is 10.2. The van der Waals surface area contributed by atoms with Crippen molar-refractivity contribution < 1.29 is 13.9 Å². The van der Waals surface area contributed by atoms with Gasteiger partial charge in [0, 0.05) is 18.7 Å². The van der Waals surface area contributed by atoms with Crippen molar-refractivity contribution in [3.8, 4) is 5.75 Å². The molecule has 0 fully saturated rings. The van der Waals surface area contributed by atoms with Gasteiger partial charge >= 0.3 is 6.03 Å². The van der Waals surface area contributed by atoms with Crippen LogP contribution < -0.4 is 15.4 Å². The highest BCUT2D eigenvalue weighted by atomic mass is 19.1. The summed E-state index contributed by atoms with van der Waals surface area (Å²) in [6.45, 7) is 1.19. The van der Waals surface area contributed by atoms with Crippen molar-refractivity contribution in [1.29, 1.82) is 0 Å². The highest BCUT2D eigenvalue weighted by molar-refractivity contribution is 5.73. The van der Waals surface area contributed by atoms with E-state index in [1.54, 1.807) is 18.2 Å². The van der Waals surface area contributed by atoms with E-state index < -0.39 is 0 Å². The summed E-state index contributed by atoms with van der Waals surface area (Å²) >= 11 is 0. The molecule has 0 saturated carbocycles. The van der Waals surface area contributed by atoms with Crippen molar-refractivity contribution in [2.45, 2.75) is 13.0 Å². The Balaban J connectivity index is 1.57. The zero-order valence-corrected chi connectivity index (χ0v) is 12.2. The molecular weight excluding hydrogens is 283 g/mol. The summed E-state index contributed by atoms with van der Waals surface area (Å²) in [7, 11) is 0. The van der Waals surface area contributed by atoms with Crippen molar-refractivity contribution in [3.63, 3.8) is 0 Å². The fraction of sp³-hybridized carbons (Fsp3) is 0.235. The van der Waals surface area contributed by atoms with Crippen LogP contribution in [0.4, 0.5) is 9.18 Å². The number of carbonyl (C=O) groups excluding carboxylic acids is 1. The molecule has 2 aromatic carbocycles. The molecule has 0 aliphatic rings. The van der Waals surface area contributed by atoms with Crippen LogP contribution in [0.25, 0.3) is 0 Å². The van der Waals surface area contributed by atoms with Crippen LogP contribution in [0.1, 0.15) is 12.0 Å². The van der Waals surface area contributed by atoms with Crippen LogP contribution in [0.5, 0.6) is 5.75 Å². The molecule has 0 aliphatic carbocycles. The minimum atomic E-state index is -0.320. The second-order valence-electron chi connectivity index (χ2n) is 4.72. The van der Waals surface area contributed by atoms with Gasteiger partial charge in [0.25, 0.3) is 0 Å². The summed E-state index contributed by atoms with van der Waals surface area (Å²) in [6, 6.07) is 15.6. The smallest absolute Gasteiger partial charge is 0.315 e. The van der Waals surface area contributed by atoms with Gasteiger partial charge in [-0.1, -0.05) is 36.4 Å². The van der Waals surface area contributed by atoms with E-state index in [0.29, 0.717) is 25.1 Å². The number of rotatable bonds is 7. The van der Waals surface area contributed by atoms with Crippen LogP contribution in [-0.2, 0) is 6.54 Å². The molecule has 0 saturated heterocycles. The minimum Gasteiger partial charge on any atom is -0.494 e. The number of halogens is 1. The number of amides is 2. The monoisotopic (exact) mass is 302 g/mol. The Morgan fingerprint density at radius 1 is 1.00 bits per heavy atom. The summed E-state index contributed by atoms with van der Waals surface area (Å²) in [5.74, 6) is 0.491. The average molecular weight is 302 g/mol. The van der Waals surface area contributed by atoms with Gasteiger partial charge in [-0.25, -0.2) is 9.18 Å². The summed E-state index contributed by atoms with van der Waals surface area (Å²) < 4.78 is 18.9. The first-order chi connectivity index (χ1) is 10.8. The van der Waals surface area contributed by atoms with Crippen LogP contribution >= 0.6 is 0 Å². The first-order valence-electron chi connectivity index (χ1n) is 7.18. The maximum Gasteiger partial charge on any atom is 0.315 e. The van der Waals surface area contributed by atoms with Gasteiger partial charge in [0.2, 0.25) is 0 Å². The van der Waals surface area contributed by atoms with Crippen LogP contribution in [0.3, 0.4) is 0 Å². The van der Waals surface area contributed by atoms with E-state index >= 15 is 0 Å². The maximum atomic E-state index is 13.4. The minimum absolute atomic E-state index is 0.166. The Morgan fingerprint density at radius 3 is 2.50 bits per heavy atom. The highest BCUT2D eigenvalue weighted by Gasteiger charge is 2.03. The lowest BCUT2D eigenvalue weighted by Crippen LogP contribution is -2.36. The molecule has 22 heavy (non-hydrogen) atoms. The number of hydrogen-bond donors (Lipinski definition) is 2. The Morgan fingerprint density at radius 2 is 1.73 bits per heavy atom. The topological polar surface area (TPSA) is 50.4 Å². The molecular formula is C17H19FN2O2. The largest absolute Gasteiger partial charge is 0.494 e. The van der Waals surface area contributed by atoms with Crippen molar-refractivity contribution in [3.05, 3.63) is 66.0 Å².